The molecule has 0 spiro atoms. The summed E-state index contributed by atoms with van der Waals surface area (Å²) in [6.45, 7) is 9.74. The van der Waals surface area contributed by atoms with Gasteiger partial charge in [-0.2, -0.15) is 0 Å². The number of esters is 1. The average molecular weight is 601 g/mol. The van der Waals surface area contributed by atoms with Crippen LogP contribution in [0.3, 0.4) is 0 Å². The molecule has 45 heavy (non-hydrogen) atoms. The molecule has 1 fully saturated rings. The number of fused-ring (bicyclic) bond motifs is 7. The minimum absolute atomic E-state index is 0.103. The molecule has 0 amide bonds. The zero-order chi connectivity index (χ0) is 30.8. The van der Waals surface area contributed by atoms with Gasteiger partial charge in [-0.15, -0.1) is 0 Å². The fourth-order valence-electron chi connectivity index (χ4n) is 5.86. The lowest BCUT2D eigenvalue weighted by Crippen LogP contribution is -2.31. The van der Waals surface area contributed by atoms with Crippen molar-refractivity contribution in [3.8, 4) is 22.9 Å². The van der Waals surface area contributed by atoms with Gasteiger partial charge in [0, 0.05) is 30.2 Å². The van der Waals surface area contributed by atoms with Crippen molar-refractivity contribution in [1.82, 2.24) is 14.5 Å². The number of ether oxygens (including phenoxy) is 4. The number of hydrogen-bond acceptors (Lipinski definition) is 7. The Labute approximate surface area is 261 Å². The summed E-state index contributed by atoms with van der Waals surface area (Å²) in [5.41, 5.74) is 7.60. The summed E-state index contributed by atoms with van der Waals surface area (Å²) >= 11 is 0. The van der Waals surface area contributed by atoms with E-state index in [1.807, 2.05) is 54.6 Å². The van der Waals surface area contributed by atoms with Crippen LogP contribution in [0, 0.1) is 6.57 Å². The Balaban J connectivity index is 1.25. The second-order valence-corrected chi connectivity index (χ2v) is 11.3. The SMILES string of the molecule is [C-]#[N+]c1ccc2c(c1)CCCOc1cc(ccc1Cc1nc3ccc(C(=O)OC)cc3n1C[C@@H]1CCO1)-c1cccc(n1)OC2. The van der Waals surface area contributed by atoms with Crippen molar-refractivity contribution in [2.75, 3.05) is 20.3 Å². The van der Waals surface area contributed by atoms with E-state index in [0.29, 0.717) is 43.3 Å². The number of aryl methyl sites for hydroxylation is 1. The van der Waals surface area contributed by atoms with Crippen molar-refractivity contribution in [3.05, 3.63) is 112 Å². The zero-order valence-electron chi connectivity index (χ0n) is 25.0. The molecule has 0 radical (unpaired) electrons. The van der Waals surface area contributed by atoms with E-state index in [2.05, 4.69) is 21.5 Å². The minimum atomic E-state index is -0.381. The lowest BCUT2D eigenvalue weighted by molar-refractivity contribution is -0.0589. The Morgan fingerprint density at radius 3 is 2.76 bits per heavy atom. The van der Waals surface area contributed by atoms with Gasteiger partial charge in [0.05, 0.1) is 55.2 Å². The standard InChI is InChI=1S/C36H32N4O5/c1-37-28-12-10-27-22-45-35-7-3-6-30(39-35)24-8-9-25(33(19-24)44-15-4-5-23(27)17-28)20-34-38-31-13-11-26(36(41)42-2)18-32(31)40(34)21-29-14-16-43-29/h3,6-13,17-19,29H,4-5,14-16,20-22H2,2H3/t29-/m0/s1. The number of nitrogens with zero attached hydrogens (tertiary/aromatic N) is 4. The van der Waals surface area contributed by atoms with Crippen molar-refractivity contribution in [2.24, 2.45) is 0 Å². The first-order valence-corrected chi connectivity index (χ1v) is 15.1. The van der Waals surface area contributed by atoms with Crippen LogP contribution >= 0.6 is 0 Å². The number of carbonyl (C=O) groups is 1. The normalized spacial score (nSPS) is 15.9. The number of pyridine rings is 1. The maximum atomic E-state index is 12.3. The Morgan fingerprint density at radius 1 is 1.02 bits per heavy atom. The van der Waals surface area contributed by atoms with Gasteiger partial charge in [0.2, 0.25) is 5.88 Å². The second-order valence-electron chi connectivity index (χ2n) is 11.3. The number of hydrogen-bond donors (Lipinski definition) is 0. The largest absolute Gasteiger partial charge is 0.493 e. The van der Waals surface area contributed by atoms with Crippen LogP contribution in [0.25, 0.3) is 27.1 Å². The zero-order valence-corrected chi connectivity index (χ0v) is 25.0. The fourth-order valence-corrected chi connectivity index (χ4v) is 5.86. The van der Waals surface area contributed by atoms with E-state index in [1.165, 1.54) is 7.11 Å². The maximum Gasteiger partial charge on any atom is 0.337 e. The van der Waals surface area contributed by atoms with Crippen molar-refractivity contribution in [2.45, 2.75) is 44.9 Å². The molecule has 1 atom stereocenters. The molecule has 0 unspecified atom stereocenters. The third-order valence-corrected chi connectivity index (χ3v) is 8.41. The minimum Gasteiger partial charge on any atom is -0.493 e. The van der Waals surface area contributed by atoms with E-state index in [1.54, 1.807) is 6.07 Å². The van der Waals surface area contributed by atoms with Crippen LogP contribution in [-0.4, -0.2) is 46.9 Å². The first kappa shape index (κ1) is 28.6. The van der Waals surface area contributed by atoms with E-state index < -0.39 is 0 Å². The predicted molar refractivity (Wildman–Crippen MR) is 169 cm³/mol. The van der Waals surface area contributed by atoms with Crippen molar-refractivity contribution in [3.63, 3.8) is 0 Å². The van der Waals surface area contributed by atoms with E-state index in [0.717, 1.165) is 76.4 Å². The topological polar surface area (TPSA) is 89.1 Å². The molecule has 7 rings (SSSR count). The van der Waals surface area contributed by atoms with Gasteiger partial charge in [0.15, 0.2) is 5.69 Å². The maximum absolute atomic E-state index is 12.3. The Bertz CT molecular complexity index is 1940. The highest BCUT2D eigenvalue weighted by Crippen LogP contribution is 2.32. The van der Waals surface area contributed by atoms with Gasteiger partial charge in [-0.25, -0.2) is 19.6 Å². The molecule has 0 saturated carbocycles. The highest BCUT2D eigenvalue weighted by molar-refractivity contribution is 5.93. The van der Waals surface area contributed by atoms with Gasteiger partial charge in [-0.3, -0.25) is 0 Å². The first-order valence-electron chi connectivity index (χ1n) is 15.1. The summed E-state index contributed by atoms with van der Waals surface area (Å²) in [7, 11) is 1.39. The van der Waals surface area contributed by atoms with Crippen LogP contribution in [0.5, 0.6) is 11.6 Å². The van der Waals surface area contributed by atoms with Crippen LogP contribution in [0.4, 0.5) is 5.69 Å². The number of benzene rings is 3. The smallest absolute Gasteiger partial charge is 0.337 e. The molecule has 4 bridgehead atoms. The van der Waals surface area contributed by atoms with Crippen molar-refractivity contribution >= 4 is 22.7 Å². The molecule has 2 aliphatic rings. The fraction of sp³-hybridized carbons (Fsp3) is 0.278. The molecule has 0 N–H and O–H groups in total. The van der Waals surface area contributed by atoms with Crippen molar-refractivity contribution in [1.29, 1.82) is 0 Å². The number of aromatic nitrogens is 3. The number of rotatable bonds is 5. The lowest BCUT2D eigenvalue weighted by Gasteiger charge is -2.27. The number of carbonyl (C=O) groups excluding carboxylic acids is 1. The first-order chi connectivity index (χ1) is 22.1. The van der Waals surface area contributed by atoms with E-state index in [9.17, 15) is 4.79 Å². The summed E-state index contributed by atoms with van der Waals surface area (Å²) in [5, 5.41) is 0. The molecule has 5 aromatic rings. The second kappa shape index (κ2) is 12.4. The highest BCUT2D eigenvalue weighted by atomic mass is 16.5. The summed E-state index contributed by atoms with van der Waals surface area (Å²) < 4.78 is 25.5. The molecule has 226 valence electrons. The molecule has 1 saturated heterocycles. The monoisotopic (exact) mass is 600 g/mol. The summed E-state index contributed by atoms with van der Waals surface area (Å²) in [4.78, 5) is 25.7. The van der Waals surface area contributed by atoms with Crippen LogP contribution in [0.15, 0.2) is 72.8 Å². The van der Waals surface area contributed by atoms with Gasteiger partial charge in [-0.05, 0) is 55.2 Å². The third kappa shape index (κ3) is 5.97. The molecule has 2 aromatic heterocycles. The Morgan fingerprint density at radius 2 is 1.93 bits per heavy atom. The van der Waals surface area contributed by atoms with Gasteiger partial charge in [-0.1, -0.05) is 42.0 Å². The van der Waals surface area contributed by atoms with E-state index >= 15 is 0 Å². The molecule has 2 aliphatic heterocycles. The van der Waals surface area contributed by atoms with E-state index in [4.69, 9.17) is 35.5 Å². The molecule has 9 heteroatoms. The van der Waals surface area contributed by atoms with Crippen LogP contribution in [0.1, 0.15) is 45.7 Å². The molecule has 3 aromatic carbocycles. The molecular formula is C36H32N4O5. The Hall–Kier alpha value is -5.20. The molecule has 0 aliphatic carbocycles. The summed E-state index contributed by atoms with van der Waals surface area (Å²) in [6.07, 6.45) is 3.14. The number of methoxy groups -OCH3 is 1. The molecule has 4 heterocycles. The van der Waals surface area contributed by atoms with Crippen LogP contribution < -0.4 is 9.47 Å². The van der Waals surface area contributed by atoms with E-state index in [-0.39, 0.29) is 12.1 Å². The van der Waals surface area contributed by atoms with Gasteiger partial charge >= 0.3 is 5.97 Å². The van der Waals surface area contributed by atoms with Gasteiger partial charge in [0.1, 0.15) is 18.2 Å². The lowest BCUT2D eigenvalue weighted by atomic mass is 10.0. The van der Waals surface area contributed by atoms with Gasteiger partial charge < -0.3 is 23.5 Å². The summed E-state index contributed by atoms with van der Waals surface area (Å²) in [5.74, 6) is 1.79. The predicted octanol–water partition coefficient (Wildman–Crippen LogP) is 6.72. The molecular weight excluding hydrogens is 568 g/mol. The quantitative estimate of drug-likeness (QED) is 0.163. The van der Waals surface area contributed by atoms with Gasteiger partial charge in [0.25, 0.3) is 0 Å². The third-order valence-electron chi connectivity index (χ3n) is 8.41. The highest BCUT2D eigenvalue weighted by Gasteiger charge is 2.23. The van der Waals surface area contributed by atoms with Crippen molar-refractivity contribution < 1.29 is 23.7 Å². The van der Waals surface area contributed by atoms with Crippen LogP contribution in [0.2, 0.25) is 0 Å². The Kier molecular flexibility index (Phi) is 7.89. The molecule has 9 nitrogen and oxygen atoms in total. The summed E-state index contributed by atoms with van der Waals surface area (Å²) in [6, 6.07) is 23.1. The average Bonchev–Trinajstić information content (AvgIpc) is 3.39. The number of imidazole rings is 1. The van der Waals surface area contributed by atoms with Crippen LogP contribution in [-0.2, 0) is 35.5 Å².